The Morgan fingerprint density at radius 2 is 1.80 bits per heavy atom. The van der Waals surface area contributed by atoms with Crippen LogP contribution >= 0.6 is 0 Å². The van der Waals surface area contributed by atoms with E-state index in [0.29, 0.717) is 49.5 Å². The molecular formula is C23H27FN2O4. The number of benzene rings is 2. The summed E-state index contributed by atoms with van der Waals surface area (Å²) in [5, 5.41) is 3.39. The molecule has 0 aliphatic rings. The molecule has 0 amide bonds. The van der Waals surface area contributed by atoms with Crippen LogP contribution in [0.2, 0.25) is 0 Å². The number of halogens is 1. The van der Waals surface area contributed by atoms with Crippen LogP contribution in [0.15, 0.2) is 53.1 Å². The molecule has 30 heavy (non-hydrogen) atoms. The summed E-state index contributed by atoms with van der Waals surface area (Å²) in [4.78, 5) is 4.25. The van der Waals surface area contributed by atoms with Gasteiger partial charge in [-0.25, -0.2) is 9.37 Å². The summed E-state index contributed by atoms with van der Waals surface area (Å²) in [6.45, 7) is 7.67. The molecule has 0 aliphatic carbocycles. The zero-order valence-electron chi connectivity index (χ0n) is 17.5. The van der Waals surface area contributed by atoms with E-state index in [1.807, 2.05) is 39.0 Å². The van der Waals surface area contributed by atoms with Gasteiger partial charge in [0.15, 0.2) is 11.5 Å². The Balaban J connectivity index is 1.52. The van der Waals surface area contributed by atoms with Gasteiger partial charge in [-0.2, -0.15) is 0 Å². The van der Waals surface area contributed by atoms with Crippen LogP contribution in [-0.2, 0) is 6.54 Å². The maximum Gasteiger partial charge on any atom is 0.211 e. The van der Waals surface area contributed by atoms with E-state index in [4.69, 9.17) is 18.6 Å². The first-order valence-electron chi connectivity index (χ1n) is 9.97. The molecule has 1 atom stereocenters. The van der Waals surface area contributed by atoms with Crippen LogP contribution < -0.4 is 19.5 Å². The van der Waals surface area contributed by atoms with Gasteiger partial charge in [-0.1, -0.05) is 6.07 Å². The molecule has 0 fully saturated rings. The molecular weight excluding hydrogens is 387 g/mol. The third-order valence-electron chi connectivity index (χ3n) is 4.35. The van der Waals surface area contributed by atoms with E-state index < -0.39 is 0 Å². The van der Waals surface area contributed by atoms with Crippen LogP contribution in [0.25, 0.3) is 0 Å². The molecule has 1 heterocycles. The molecule has 0 radical (unpaired) electrons. The summed E-state index contributed by atoms with van der Waals surface area (Å²) >= 11 is 0. The molecule has 2 aromatic carbocycles. The average molecular weight is 414 g/mol. The lowest BCUT2D eigenvalue weighted by Gasteiger charge is -2.15. The van der Waals surface area contributed by atoms with Gasteiger partial charge >= 0.3 is 0 Å². The van der Waals surface area contributed by atoms with Crippen LogP contribution in [0.5, 0.6) is 17.2 Å². The number of nitrogens with one attached hydrogen (secondary N) is 1. The van der Waals surface area contributed by atoms with Gasteiger partial charge in [0.2, 0.25) is 5.89 Å². The summed E-state index contributed by atoms with van der Waals surface area (Å²) in [5.74, 6) is 3.10. The second-order valence-electron chi connectivity index (χ2n) is 6.78. The SMILES string of the molecule is CCOc1cc(CN[C@H](C)c2ncc(C)o2)ccc1OCCOc1ccc(F)cc1. The molecule has 160 valence electrons. The summed E-state index contributed by atoms with van der Waals surface area (Å²) in [6.07, 6.45) is 1.71. The summed E-state index contributed by atoms with van der Waals surface area (Å²) in [5.41, 5.74) is 1.06. The largest absolute Gasteiger partial charge is 0.490 e. The van der Waals surface area contributed by atoms with E-state index in [1.54, 1.807) is 18.3 Å². The molecule has 1 aromatic heterocycles. The van der Waals surface area contributed by atoms with Crippen molar-refractivity contribution in [1.29, 1.82) is 0 Å². The van der Waals surface area contributed by atoms with Crippen LogP contribution in [0.3, 0.4) is 0 Å². The molecule has 3 aromatic rings. The normalized spacial score (nSPS) is 11.9. The highest BCUT2D eigenvalue weighted by atomic mass is 19.1. The van der Waals surface area contributed by atoms with Gasteiger partial charge in [-0.15, -0.1) is 0 Å². The number of nitrogens with zero attached hydrogens (tertiary/aromatic N) is 1. The second kappa shape index (κ2) is 10.6. The Bertz CT molecular complexity index is 927. The molecule has 6 nitrogen and oxygen atoms in total. The van der Waals surface area contributed by atoms with Gasteiger partial charge in [0, 0.05) is 6.54 Å². The Hall–Kier alpha value is -3.06. The van der Waals surface area contributed by atoms with Gasteiger partial charge < -0.3 is 23.9 Å². The Morgan fingerprint density at radius 1 is 1.03 bits per heavy atom. The molecule has 0 spiro atoms. The van der Waals surface area contributed by atoms with E-state index in [9.17, 15) is 4.39 Å². The van der Waals surface area contributed by atoms with Gasteiger partial charge in [0.25, 0.3) is 0 Å². The molecule has 1 N–H and O–H groups in total. The van der Waals surface area contributed by atoms with Crippen molar-refractivity contribution < 1.29 is 23.0 Å². The maximum absolute atomic E-state index is 12.9. The Kier molecular flexibility index (Phi) is 7.68. The number of oxazole rings is 1. The summed E-state index contributed by atoms with van der Waals surface area (Å²) < 4.78 is 35.6. The number of aromatic nitrogens is 1. The Morgan fingerprint density at radius 3 is 2.50 bits per heavy atom. The zero-order chi connectivity index (χ0) is 21.3. The predicted molar refractivity (Wildman–Crippen MR) is 111 cm³/mol. The number of hydrogen-bond donors (Lipinski definition) is 1. The molecule has 3 rings (SSSR count). The molecule has 0 bridgehead atoms. The van der Waals surface area contributed by atoms with Crippen molar-refractivity contribution in [3.8, 4) is 17.2 Å². The van der Waals surface area contributed by atoms with Gasteiger partial charge in [-0.3, -0.25) is 0 Å². The maximum atomic E-state index is 12.9. The first-order chi connectivity index (χ1) is 14.5. The predicted octanol–water partition coefficient (Wildman–Crippen LogP) is 4.83. The van der Waals surface area contributed by atoms with Crippen LogP contribution in [0.4, 0.5) is 4.39 Å². The quantitative estimate of drug-likeness (QED) is 0.454. The van der Waals surface area contributed by atoms with Crippen LogP contribution in [-0.4, -0.2) is 24.8 Å². The smallest absolute Gasteiger partial charge is 0.211 e. The molecule has 0 saturated heterocycles. The fourth-order valence-corrected chi connectivity index (χ4v) is 2.82. The number of rotatable bonds is 11. The van der Waals surface area contributed by atoms with Crippen molar-refractivity contribution in [3.63, 3.8) is 0 Å². The van der Waals surface area contributed by atoms with Gasteiger partial charge in [0.1, 0.15) is 30.5 Å². The van der Waals surface area contributed by atoms with E-state index >= 15 is 0 Å². The monoisotopic (exact) mass is 414 g/mol. The highest BCUT2D eigenvalue weighted by molar-refractivity contribution is 5.43. The topological polar surface area (TPSA) is 65.8 Å². The van der Waals surface area contributed by atoms with Crippen LogP contribution in [0, 0.1) is 12.7 Å². The molecule has 0 aliphatic heterocycles. The first-order valence-corrected chi connectivity index (χ1v) is 9.97. The Labute approximate surface area is 176 Å². The third kappa shape index (κ3) is 6.22. The fraction of sp³-hybridized carbons (Fsp3) is 0.348. The summed E-state index contributed by atoms with van der Waals surface area (Å²) in [7, 11) is 0. The van der Waals surface area contributed by atoms with Crippen molar-refractivity contribution in [2.45, 2.75) is 33.4 Å². The minimum Gasteiger partial charge on any atom is -0.490 e. The minimum atomic E-state index is -0.292. The van der Waals surface area contributed by atoms with Crippen molar-refractivity contribution >= 4 is 0 Å². The molecule has 7 heteroatoms. The summed E-state index contributed by atoms with van der Waals surface area (Å²) in [6, 6.07) is 11.7. The lowest BCUT2D eigenvalue weighted by Crippen LogP contribution is -2.18. The van der Waals surface area contributed by atoms with E-state index in [2.05, 4.69) is 10.3 Å². The fourth-order valence-electron chi connectivity index (χ4n) is 2.82. The van der Waals surface area contributed by atoms with Crippen molar-refractivity contribution in [2.24, 2.45) is 0 Å². The van der Waals surface area contributed by atoms with Crippen molar-refractivity contribution in [1.82, 2.24) is 10.3 Å². The van der Waals surface area contributed by atoms with Crippen molar-refractivity contribution in [2.75, 3.05) is 19.8 Å². The number of ether oxygens (including phenoxy) is 3. The van der Waals surface area contributed by atoms with E-state index in [-0.39, 0.29) is 11.9 Å². The molecule has 0 unspecified atom stereocenters. The highest BCUT2D eigenvalue weighted by Crippen LogP contribution is 2.29. The minimum absolute atomic E-state index is 0.00576. The third-order valence-corrected chi connectivity index (χ3v) is 4.35. The number of aryl methyl sites for hydroxylation is 1. The van der Waals surface area contributed by atoms with Crippen LogP contribution in [0.1, 0.15) is 37.1 Å². The average Bonchev–Trinajstić information content (AvgIpc) is 3.18. The first kappa shape index (κ1) is 21.6. The number of hydrogen-bond acceptors (Lipinski definition) is 6. The standard InChI is InChI=1S/C23H27FN2O4/c1-4-27-22-13-18(15-25-17(3)23-26-14-16(2)30-23)5-10-21(22)29-12-11-28-20-8-6-19(24)7-9-20/h5-10,13-14,17,25H,4,11-12,15H2,1-3H3/t17-/m1/s1. The lowest BCUT2D eigenvalue weighted by atomic mass is 10.2. The lowest BCUT2D eigenvalue weighted by molar-refractivity contribution is 0.208. The molecule has 0 saturated carbocycles. The van der Waals surface area contributed by atoms with Gasteiger partial charge in [-0.05, 0) is 62.7 Å². The second-order valence-corrected chi connectivity index (χ2v) is 6.78. The van der Waals surface area contributed by atoms with E-state index in [1.165, 1.54) is 12.1 Å². The van der Waals surface area contributed by atoms with Gasteiger partial charge in [0.05, 0.1) is 18.8 Å². The van der Waals surface area contributed by atoms with E-state index in [0.717, 1.165) is 11.3 Å². The highest BCUT2D eigenvalue weighted by Gasteiger charge is 2.12. The zero-order valence-corrected chi connectivity index (χ0v) is 17.5. The van der Waals surface area contributed by atoms with Crippen molar-refractivity contribution in [3.05, 3.63) is 71.7 Å².